The summed E-state index contributed by atoms with van der Waals surface area (Å²) >= 11 is 0. The topological polar surface area (TPSA) is 43.6 Å². The molecule has 0 aromatic carbocycles. The van der Waals surface area contributed by atoms with E-state index < -0.39 is 0 Å². The van der Waals surface area contributed by atoms with Gasteiger partial charge in [-0.3, -0.25) is 4.79 Å². The number of allylic oxidation sites excluding steroid dienone is 2. The van der Waals surface area contributed by atoms with Crippen LogP contribution in [0.4, 0.5) is 0 Å². The van der Waals surface area contributed by atoms with Gasteiger partial charge in [0.15, 0.2) is 0 Å². The average molecular weight is 354 g/mol. The number of carbonyl (C=O) groups excluding carboxylic acids is 1. The van der Waals surface area contributed by atoms with Gasteiger partial charge >= 0.3 is 5.97 Å². The predicted molar refractivity (Wildman–Crippen MR) is 105 cm³/mol. The maximum atomic E-state index is 12.1. The second-order valence-corrected chi connectivity index (χ2v) is 7.96. The summed E-state index contributed by atoms with van der Waals surface area (Å²) in [6.07, 6.45) is 15.1. The molecule has 0 spiro atoms. The zero-order valence-electron chi connectivity index (χ0n) is 16.2. The van der Waals surface area contributed by atoms with Gasteiger partial charge in [0.25, 0.3) is 0 Å². The molecule has 1 aliphatic carbocycles. The van der Waals surface area contributed by atoms with E-state index in [2.05, 4.69) is 33.8 Å². The van der Waals surface area contributed by atoms with E-state index in [1.165, 1.54) is 24.0 Å². The summed E-state index contributed by atoms with van der Waals surface area (Å²) < 4.78 is 7.64. The molecule has 3 rings (SSSR count). The van der Waals surface area contributed by atoms with Crippen molar-refractivity contribution in [2.75, 3.05) is 0 Å². The Morgan fingerprint density at radius 3 is 3.04 bits per heavy atom. The third-order valence-electron chi connectivity index (χ3n) is 5.51. The lowest BCUT2D eigenvalue weighted by Crippen LogP contribution is -2.27. The lowest BCUT2D eigenvalue weighted by Gasteiger charge is -2.23. The van der Waals surface area contributed by atoms with E-state index in [4.69, 9.17) is 4.74 Å². The number of hydrogen-bond donors (Lipinski definition) is 0. The number of nitrogens with zero attached hydrogens (tertiary/aromatic N) is 2. The van der Waals surface area contributed by atoms with Gasteiger partial charge in [-0.1, -0.05) is 13.0 Å². The number of pyridine rings is 1. The first kappa shape index (κ1) is 18.7. The molecule has 0 radical (unpaired) electrons. The molecule has 0 bridgehead atoms. The first-order valence-electron chi connectivity index (χ1n) is 9.81. The molecule has 0 saturated heterocycles. The molecule has 0 fully saturated rings. The Kier molecular flexibility index (Phi) is 5.80. The van der Waals surface area contributed by atoms with Crippen LogP contribution in [0.3, 0.4) is 0 Å². The van der Waals surface area contributed by atoms with Crippen molar-refractivity contribution in [3.05, 3.63) is 42.4 Å². The number of rotatable bonds is 6. The van der Waals surface area contributed by atoms with E-state index in [1.807, 2.05) is 33.2 Å². The second kappa shape index (κ2) is 8.07. The first-order chi connectivity index (χ1) is 12.5. The van der Waals surface area contributed by atoms with Crippen molar-refractivity contribution >= 4 is 17.2 Å². The minimum Gasteiger partial charge on any atom is -0.460 e. The van der Waals surface area contributed by atoms with Gasteiger partial charge in [-0.25, -0.2) is 4.98 Å². The highest BCUT2D eigenvalue weighted by molar-refractivity contribution is 5.70. The molecule has 0 saturated carbocycles. The molecule has 2 heterocycles. The molecule has 26 heavy (non-hydrogen) atoms. The van der Waals surface area contributed by atoms with E-state index in [9.17, 15) is 4.79 Å². The van der Waals surface area contributed by atoms with E-state index in [0.717, 1.165) is 31.3 Å². The number of carbonyl (C=O) groups is 1. The third kappa shape index (κ3) is 4.75. The van der Waals surface area contributed by atoms with Gasteiger partial charge in [0, 0.05) is 25.0 Å². The molecule has 2 aromatic heterocycles. The first-order valence-corrected chi connectivity index (χ1v) is 9.81. The quantitative estimate of drug-likeness (QED) is 0.651. The van der Waals surface area contributed by atoms with Crippen molar-refractivity contribution in [2.45, 2.75) is 71.3 Å². The van der Waals surface area contributed by atoms with Gasteiger partial charge in [0.1, 0.15) is 11.2 Å². The Hall–Kier alpha value is -2.10. The minimum absolute atomic E-state index is 0.0594. The Labute approximate surface area is 156 Å². The van der Waals surface area contributed by atoms with Crippen LogP contribution in [-0.2, 0) is 9.53 Å². The normalized spacial score (nSPS) is 18.4. The van der Waals surface area contributed by atoms with Crippen molar-refractivity contribution in [3.8, 4) is 0 Å². The van der Waals surface area contributed by atoms with Crippen LogP contribution in [0.1, 0.15) is 71.3 Å². The molecule has 0 N–H and O–H groups in total. The summed E-state index contributed by atoms with van der Waals surface area (Å²) in [5.41, 5.74) is 3.33. The second-order valence-electron chi connectivity index (χ2n) is 7.96. The molecule has 2 aromatic rings. The van der Waals surface area contributed by atoms with Gasteiger partial charge < -0.3 is 9.14 Å². The summed E-state index contributed by atoms with van der Waals surface area (Å²) in [5.74, 6) is 0.512. The average Bonchev–Trinajstić information content (AvgIpc) is 2.96. The largest absolute Gasteiger partial charge is 0.460 e. The number of hydrogen-bond acceptors (Lipinski definition) is 3. The molecule has 4 nitrogen and oxygen atoms in total. The summed E-state index contributed by atoms with van der Waals surface area (Å²) in [6, 6.07) is 4.24. The van der Waals surface area contributed by atoms with E-state index in [0.29, 0.717) is 12.3 Å². The lowest BCUT2D eigenvalue weighted by molar-refractivity contribution is -0.157. The van der Waals surface area contributed by atoms with Crippen LogP contribution in [-0.4, -0.2) is 21.0 Å². The van der Waals surface area contributed by atoms with Crippen LogP contribution in [0, 0.1) is 5.92 Å². The SMILES string of the molecule is CCC(C)(C)OC(=O)CCC1CC=C(c2ccc3nccn3c2)CCC1. The zero-order valence-corrected chi connectivity index (χ0v) is 16.2. The van der Waals surface area contributed by atoms with E-state index >= 15 is 0 Å². The number of imidazole rings is 1. The van der Waals surface area contributed by atoms with Crippen LogP contribution in [0.15, 0.2) is 36.8 Å². The van der Waals surface area contributed by atoms with Crippen molar-refractivity contribution in [1.82, 2.24) is 9.38 Å². The van der Waals surface area contributed by atoms with Crippen molar-refractivity contribution < 1.29 is 9.53 Å². The number of esters is 1. The van der Waals surface area contributed by atoms with Gasteiger partial charge in [-0.05, 0) is 81.6 Å². The predicted octanol–water partition coefficient (Wildman–Crippen LogP) is 5.42. The fraction of sp³-hybridized carbons (Fsp3) is 0.545. The lowest BCUT2D eigenvalue weighted by atomic mass is 9.95. The summed E-state index contributed by atoms with van der Waals surface area (Å²) in [4.78, 5) is 16.4. The number of aromatic nitrogens is 2. The molecule has 0 aliphatic heterocycles. The van der Waals surface area contributed by atoms with Gasteiger partial charge in [0.05, 0.1) is 0 Å². The fourth-order valence-corrected chi connectivity index (χ4v) is 3.50. The number of ether oxygens (including phenoxy) is 1. The highest BCUT2D eigenvalue weighted by Gasteiger charge is 2.21. The minimum atomic E-state index is -0.348. The molecular weight excluding hydrogens is 324 g/mol. The van der Waals surface area contributed by atoms with E-state index in [1.54, 1.807) is 0 Å². The molecule has 0 amide bonds. The van der Waals surface area contributed by atoms with Crippen LogP contribution < -0.4 is 0 Å². The van der Waals surface area contributed by atoms with Crippen molar-refractivity contribution in [1.29, 1.82) is 0 Å². The summed E-state index contributed by atoms with van der Waals surface area (Å²) in [6.45, 7) is 6.00. The molecule has 1 unspecified atom stereocenters. The maximum absolute atomic E-state index is 12.1. The monoisotopic (exact) mass is 354 g/mol. The van der Waals surface area contributed by atoms with Gasteiger partial charge in [-0.15, -0.1) is 0 Å². The number of fused-ring (bicyclic) bond motifs is 1. The Bertz CT molecular complexity index is 788. The van der Waals surface area contributed by atoms with Crippen LogP contribution in [0.5, 0.6) is 0 Å². The fourth-order valence-electron chi connectivity index (χ4n) is 3.50. The molecule has 140 valence electrons. The highest BCUT2D eigenvalue weighted by Crippen LogP contribution is 2.31. The van der Waals surface area contributed by atoms with Gasteiger partial charge in [-0.2, -0.15) is 0 Å². The molecule has 1 aliphatic rings. The van der Waals surface area contributed by atoms with Crippen molar-refractivity contribution in [2.24, 2.45) is 5.92 Å². The van der Waals surface area contributed by atoms with Gasteiger partial charge in [0.2, 0.25) is 0 Å². The van der Waals surface area contributed by atoms with Crippen LogP contribution >= 0.6 is 0 Å². The van der Waals surface area contributed by atoms with Crippen LogP contribution in [0.25, 0.3) is 11.2 Å². The van der Waals surface area contributed by atoms with Crippen molar-refractivity contribution in [3.63, 3.8) is 0 Å². The van der Waals surface area contributed by atoms with E-state index in [-0.39, 0.29) is 11.6 Å². The Morgan fingerprint density at radius 2 is 2.23 bits per heavy atom. The third-order valence-corrected chi connectivity index (χ3v) is 5.51. The maximum Gasteiger partial charge on any atom is 0.306 e. The molecule has 4 heteroatoms. The smallest absolute Gasteiger partial charge is 0.306 e. The zero-order chi connectivity index (χ0) is 18.6. The molecular formula is C22H30N2O2. The van der Waals surface area contributed by atoms with Crippen LogP contribution in [0.2, 0.25) is 0 Å². The summed E-state index contributed by atoms with van der Waals surface area (Å²) in [7, 11) is 0. The highest BCUT2D eigenvalue weighted by atomic mass is 16.6. The Balaban J connectivity index is 1.57. The molecule has 1 atom stereocenters. The Morgan fingerprint density at radius 1 is 1.38 bits per heavy atom. The standard InChI is InChI=1S/C22H30N2O2/c1-4-22(2,3)26-21(25)13-9-17-6-5-7-18(10-8-17)19-11-12-20-23-14-15-24(20)16-19/h10-12,14-17H,4-9,13H2,1-3H3. The summed E-state index contributed by atoms with van der Waals surface area (Å²) in [5, 5.41) is 0.